The number of aromatic nitrogens is 2. The number of pyridine rings is 2. The van der Waals surface area contributed by atoms with Crippen LogP contribution in [-0.2, 0) is 9.53 Å². The molecule has 34 heavy (non-hydrogen) atoms. The number of aliphatic carboxylic acids is 1. The first-order valence-corrected chi connectivity index (χ1v) is 11.9. The number of benzene rings is 1. The van der Waals surface area contributed by atoms with Crippen molar-refractivity contribution in [3.05, 3.63) is 54.1 Å². The van der Waals surface area contributed by atoms with Gasteiger partial charge >= 0.3 is 5.97 Å². The van der Waals surface area contributed by atoms with Gasteiger partial charge in [0.15, 0.2) is 6.10 Å². The Morgan fingerprint density at radius 3 is 2.47 bits per heavy atom. The molecule has 3 aromatic rings. The van der Waals surface area contributed by atoms with E-state index >= 15 is 0 Å². The van der Waals surface area contributed by atoms with Crippen molar-refractivity contribution in [3.63, 3.8) is 0 Å². The molecule has 2 aromatic heterocycles. The molecule has 0 bridgehead atoms. The Kier molecular flexibility index (Phi) is 6.38. The monoisotopic (exact) mass is 461 g/mol. The minimum Gasteiger partial charge on any atom is -0.479 e. The lowest BCUT2D eigenvalue weighted by Crippen LogP contribution is -2.39. The number of fused-ring (bicyclic) bond motifs is 1. The zero-order chi connectivity index (χ0) is 24.7. The molecule has 0 spiro atoms. The van der Waals surface area contributed by atoms with Crippen LogP contribution >= 0.6 is 0 Å². The van der Waals surface area contributed by atoms with Crippen LogP contribution in [-0.4, -0.2) is 39.7 Å². The fourth-order valence-electron chi connectivity index (χ4n) is 4.65. The number of aryl methyl sites for hydroxylation is 1. The second-order valence-electron chi connectivity index (χ2n) is 11.1. The van der Waals surface area contributed by atoms with E-state index in [1.54, 1.807) is 6.20 Å². The van der Waals surface area contributed by atoms with Gasteiger partial charge in [-0.2, -0.15) is 0 Å². The maximum absolute atomic E-state index is 12.5. The number of carboxylic acid groups (broad SMARTS) is 1. The fourth-order valence-corrected chi connectivity index (χ4v) is 4.65. The minimum atomic E-state index is -1.11. The molecule has 180 valence electrons. The van der Waals surface area contributed by atoms with E-state index in [0.29, 0.717) is 11.3 Å². The molecule has 0 amide bonds. The summed E-state index contributed by atoms with van der Waals surface area (Å²) in [5, 5.41) is 12.4. The average Bonchev–Trinajstić information content (AvgIpc) is 2.76. The van der Waals surface area contributed by atoms with Crippen molar-refractivity contribution < 1.29 is 14.6 Å². The highest BCUT2D eigenvalue weighted by Gasteiger charge is 2.35. The van der Waals surface area contributed by atoms with Gasteiger partial charge < -0.3 is 14.7 Å². The predicted octanol–water partition coefficient (Wildman–Crippen LogP) is 6.17. The lowest BCUT2D eigenvalue weighted by Gasteiger charge is -2.41. The van der Waals surface area contributed by atoms with E-state index < -0.39 is 17.7 Å². The van der Waals surface area contributed by atoms with Gasteiger partial charge in [0.2, 0.25) is 0 Å². The first kappa shape index (κ1) is 24.1. The van der Waals surface area contributed by atoms with Crippen LogP contribution in [0.15, 0.2) is 42.9 Å². The van der Waals surface area contributed by atoms with Gasteiger partial charge in [0.25, 0.3) is 0 Å². The molecule has 0 aliphatic carbocycles. The Labute approximate surface area is 202 Å². The van der Waals surface area contributed by atoms with Gasteiger partial charge in [-0.3, -0.25) is 9.97 Å². The van der Waals surface area contributed by atoms with Crippen LogP contribution in [0.1, 0.15) is 64.8 Å². The number of rotatable bonds is 5. The van der Waals surface area contributed by atoms with Crippen molar-refractivity contribution >= 4 is 22.4 Å². The molecule has 1 saturated heterocycles. The van der Waals surface area contributed by atoms with E-state index in [4.69, 9.17) is 4.74 Å². The fraction of sp³-hybridized carbons (Fsp3) is 0.464. The third kappa shape index (κ3) is 5.07. The number of hydrogen-bond donors (Lipinski definition) is 1. The SMILES string of the molecule is Cc1ncc(-c2ccc3ccncc3c2)c(N2CCC(C)(C)CC2)c1[C@H](OC(C)(C)C)C(=O)O. The number of hydrogen-bond acceptors (Lipinski definition) is 5. The lowest BCUT2D eigenvalue weighted by molar-refractivity contribution is -0.160. The summed E-state index contributed by atoms with van der Waals surface area (Å²) >= 11 is 0. The molecule has 1 fully saturated rings. The van der Waals surface area contributed by atoms with E-state index in [-0.39, 0.29) is 5.41 Å². The molecular formula is C28H35N3O3. The van der Waals surface area contributed by atoms with Crippen LogP contribution in [0.4, 0.5) is 5.69 Å². The number of carbonyl (C=O) groups is 1. The maximum atomic E-state index is 12.5. The maximum Gasteiger partial charge on any atom is 0.337 e. The Morgan fingerprint density at radius 1 is 1.12 bits per heavy atom. The van der Waals surface area contributed by atoms with E-state index in [2.05, 4.69) is 46.9 Å². The molecule has 3 heterocycles. The number of nitrogens with zero attached hydrogens (tertiary/aromatic N) is 3. The molecule has 1 aromatic carbocycles. The van der Waals surface area contributed by atoms with Gasteiger partial charge in [-0.25, -0.2) is 4.79 Å². The van der Waals surface area contributed by atoms with Crippen LogP contribution in [0.2, 0.25) is 0 Å². The second-order valence-corrected chi connectivity index (χ2v) is 11.1. The Balaban J connectivity index is 1.94. The minimum absolute atomic E-state index is 0.266. The molecule has 1 N–H and O–H groups in total. The van der Waals surface area contributed by atoms with Crippen LogP contribution in [0.5, 0.6) is 0 Å². The zero-order valence-corrected chi connectivity index (χ0v) is 21.1. The summed E-state index contributed by atoms with van der Waals surface area (Å²) in [6.07, 6.45) is 6.48. The van der Waals surface area contributed by atoms with E-state index in [1.807, 2.05) is 46.2 Å². The summed E-state index contributed by atoms with van der Waals surface area (Å²) in [7, 11) is 0. The molecule has 6 nitrogen and oxygen atoms in total. The van der Waals surface area contributed by atoms with Crippen molar-refractivity contribution in [2.45, 2.75) is 66.1 Å². The summed E-state index contributed by atoms with van der Waals surface area (Å²) in [6, 6.07) is 8.25. The van der Waals surface area contributed by atoms with E-state index in [9.17, 15) is 9.90 Å². The molecule has 0 radical (unpaired) electrons. The lowest BCUT2D eigenvalue weighted by atomic mass is 9.82. The number of ether oxygens (including phenoxy) is 1. The van der Waals surface area contributed by atoms with Crippen LogP contribution in [0.25, 0.3) is 21.9 Å². The average molecular weight is 462 g/mol. The molecule has 1 atom stereocenters. The topological polar surface area (TPSA) is 75.5 Å². The van der Waals surface area contributed by atoms with E-state index in [0.717, 1.165) is 53.5 Å². The largest absolute Gasteiger partial charge is 0.479 e. The van der Waals surface area contributed by atoms with Gasteiger partial charge in [0.1, 0.15) is 0 Å². The quantitative estimate of drug-likeness (QED) is 0.489. The second kappa shape index (κ2) is 8.99. The van der Waals surface area contributed by atoms with Crippen molar-refractivity contribution in [1.29, 1.82) is 0 Å². The third-order valence-electron chi connectivity index (χ3n) is 6.63. The number of anilines is 1. The molecule has 4 rings (SSSR count). The number of piperidine rings is 1. The molecule has 6 heteroatoms. The van der Waals surface area contributed by atoms with Crippen molar-refractivity contribution in [2.75, 3.05) is 18.0 Å². The van der Waals surface area contributed by atoms with E-state index in [1.165, 1.54) is 0 Å². The smallest absolute Gasteiger partial charge is 0.337 e. The van der Waals surface area contributed by atoms with Crippen molar-refractivity contribution in [1.82, 2.24) is 9.97 Å². The first-order valence-electron chi connectivity index (χ1n) is 11.9. The Bertz CT molecular complexity index is 1200. The van der Waals surface area contributed by atoms with Crippen LogP contribution in [0.3, 0.4) is 0 Å². The summed E-state index contributed by atoms with van der Waals surface area (Å²) in [6.45, 7) is 13.8. The summed E-state index contributed by atoms with van der Waals surface area (Å²) < 4.78 is 6.12. The molecular weight excluding hydrogens is 426 g/mol. The van der Waals surface area contributed by atoms with Crippen LogP contribution in [0, 0.1) is 12.3 Å². The highest BCUT2D eigenvalue weighted by molar-refractivity contribution is 5.91. The molecule has 1 aliphatic heterocycles. The predicted molar refractivity (Wildman–Crippen MR) is 136 cm³/mol. The standard InChI is InChI=1S/C28H35N3O3/c1-18-23(25(26(32)33)34-27(2,3)4)24(31-13-10-28(5,6)11-14-31)22(17-30-18)20-8-7-19-9-12-29-16-21(19)15-20/h7-9,12,15-17,25H,10-11,13-14H2,1-6H3,(H,32,33)/t25-/m0/s1. The summed E-state index contributed by atoms with van der Waals surface area (Å²) in [4.78, 5) is 23.8. The normalized spacial score (nSPS) is 17.1. The molecule has 0 unspecified atom stereocenters. The third-order valence-corrected chi connectivity index (χ3v) is 6.63. The molecule has 1 aliphatic rings. The van der Waals surface area contributed by atoms with Crippen LogP contribution < -0.4 is 4.90 Å². The van der Waals surface area contributed by atoms with Gasteiger partial charge in [-0.15, -0.1) is 0 Å². The number of carboxylic acids is 1. The Hall–Kier alpha value is -2.99. The van der Waals surface area contributed by atoms with Gasteiger partial charge in [0, 0.05) is 53.9 Å². The van der Waals surface area contributed by atoms with Gasteiger partial charge in [-0.1, -0.05) is 26.0 Å². The highest BCUT2D eigenvalue weighted by Crippen LogP contribution is 2.43. The van der Waals surface area contributed by atoms with Gasteiger partial charge in [-0.05, 0) is 69.0 Å². The highest BCUT2D eigenvalue weighted by atomic mass is 16.5. The first-order chi connectivity index (χ1) is 16.0. The summed E-state index contributed by atoms with van der Waals surface area (Å²) in [5.41, 5.74) is 3.81. The van der Waals surface area contributed by atoms with Crippen molar-refractivity contribution in [2.24, 2.45) is 5.41 Å². The molecule has 0 saturated carbocycles. The summed E-state index contributed by atoms with van der Waals surface area (Å²) in [5.74, 6) is -1.00. The van der Waals surface area contributed by atoms with Gasteiger partial charge in [0.05, 0.1) is 11.3 Å². The van der Waals surface area contributed by atoms with Crippen molar-refractivity contribution in [3.8, 4) is 11.1 Å². The zero-order valence-electron chi connectivity index (χ0n) is 21.1. The Morgan fingerprint density at radius 2 is 1.82 bits per heavy atom.